The van der Waals surface area contributed by atoms with E-state index >= 15 is 0 Å². The van der Waals surface area contributed by atoms with Gasteiger partial charge in [-0.15, -0.1) is 0 Å². The Kier molecular flexibility index (Phi) is 1.81. The van der Waals surface area contributed by atoms with Crippen molar-refractivity contribution >= 4 is 16.5 Å². The molecule has 0 spiro atoms. The zero-order chi connectivity index (χ0) is 8.60. The highest BCUT2D eigenvalue weighted by Crippen LogP contribution is 2.38. The zero-order valence-electron chi connectivity index (χ0n) is 7.04. The van der Waals surface area contributed by atoms with Crippen molar-refractivity contribution in [3.63, 3.8) is 0 Å². The maximum Gasteiger partial charge on any atom is 0.180 e. The Morgan fingerprint density at radius 1 is 1.75 bits per heavy atom. The Morgan fingerprint density at radius 3 is 3.08 bits per heavy atom. The second kappa shape index (κ2) is 2.71. The first-order valence-corrected chi connectivity index (χ1v) is 4.88. The van der Waals surface area contributed by atoms with Crippen LogP contribution in [-0.2, 0) is 10.3 Å². The predicted molar refractivity (Wildman–Crippen MR) is 49.1 cm³/mol. The SMILES string of the molecule is CC1(c2cnc(N)s2)CCCO1. The number of nitrogens with two attached hydrogens (primary N) is 1. The largest absolute Gasteiger partial charge is 0.375 e. The van der Waals surface area contributed by atoms with Crippen molar-refractivity contribution in [1.82, 2.24) is 4.98 Å². The molecule has 2 N–H and O–H groups in total. The molecule has 1 fully saturated rings. The average molecular weight is 184 g/mol. The molecule has 0 aromatic carbocycles. The van der Waals surface area contributed by atoms with Crippen LogP contribution >= 0.6 is 11.3 Å². The standard InChI is InChI=1S/C8H12N2OS/c1-8(3-2-4-11-8)6-5-10-7(9)12-6/h5H,2-4H2,1H3,(H2,9,10). The summed E-state index contributed by atoms with van der Waals surface area (Å²) in [5, 5.41) is 0.627. The fourth-order valence-corrected chi connectivity index (χ4v) is 2.32. The summed E-state index contributed by atoms with van der Waals surface area (Å²) < 4.78 is 5.65. The molecule has 1 aromatic rings. The van der Waals surface area contributed by atoms with Crippen molar-refractivity contribution in [2.45, 2.75) is 25.4 Å². The van der Waals surface area contributed by atoms with Crippen molar-refractivity contribution in [3.05, 3.63) is 11.1 Å². The van der Waals surface area contributed by atoms with Gasteiger partial charge in [-0.2, -0.15) is 0 Å². The lowest BCUT2D eigenvalue weighted by molar-refractivity contribution is 0.0197. The van der Waals surface area contributed by atoms with Crippen LogP contribution in [0.5, 0.6) is 0 Å². The van der Waals surface area contributed by atoms with Gasteiger partial charge in [-0.05, 0) is 19.8 Å². The molecule has 1 aromatic heterocycles. The Balaban J connectivity index is 2.28. The van der Waals surface area contributed by atoms with Gasteiger partial charge in [0.1, 0.15) is 5.60 Å². The van der Waals surface area contributed by atoms with Crippen molar-refractivity contribution in [1.29, 1.82) is 0 Å². The molecule has 2 heterocycles. The van der Waals surface area contributed by atoms with Gasteiger partial charge >= 0.3 is 0 Å². The van der Waals surface area contributed by atoms with Crippen LogP contribution in [0.2, 0.25) is 0 Å². The normalized spacial score (nSPS) is 29.4. The molecule has 66 valence electrons. The maximum absolute atomic E-state index is 5.65. The molecule has 0 amide bonds. The van der Waals surface area contributed by atoms with E-state index in [9.17, 15) is 0 Å². The minimum Gasteiger partial charge on any atom is -0.375 e. The molecule has 0 aliphatic carbocycles. The van der Waals surface area contributed by atoms with Crippen LogP contribution in [0.1, 0.15) is 24.6 Å². The Labute approximate surface area is 75.6 Å². The molecule has 0 saturated carbocycles. The van der Waals surface area contributed by atoms with Crippen LogP contribution < -0.4 is 5.73 Å². The van der Waals surface area contributed by atoms with Gasteiger partial charge in [-0.25, -0.2) is 4.98 Å². The minimum absolute atomic E-state index is 0.116. The number of nitrogen functional groups attached to an aromatic ring is 1. The number of thiazole rings is 1. The third kappa shape index (κ3) is 1.21. The van der Waals surface area contributed by atoms with E-state index < -0.39 is 0 Å². The molecular formula is C8H12N2OS. The van der Waals surface area contributed by atoms with Gasteiger partial charge < -0.3 is 10.5 Å². The lowest BCUT2D eigenvalue weighted by atomic mass is 10.0. The molecule has 3 nitrogen and oxygen atoms in total. The summed E-state index contributed by atoms with van der Waals surface area (Å²) in [6, 6.07) is 0. The van der Waals surface area contributed by atoms with E-state index in [-0.39, 0.29) is 5.60 Å². The monoisotopic (exact) mass is 184 g/mol. The highest BCUT2D eigenvalue weighted by Gasteiger charge is 2.33. The van der Waals surface area contributed by atoms with E-state index in [0.717, 1.165) is 24.3 Å². The highest BCUT2D eigenvalue weighted by atomic mass is 32.1. The fourth-order valence-electron chi connectivity index (χ4n) is 1.51. The third-order valence-electron chi connectivity index (χ3n) is 2.26. The van der Waals surface area contributed by atoms with Crippen LogP contribution in [-0.4, -0.2) is 11.6 Å². The van der Waals surface area contributed by atoms with E-state index in [1.165, 1.54) is 11.3 Å². The number of aromatic nitrogens is 1. The summed E-state index contributed by atoms with van der Waals surface area (Å²) in [5.74, 6) is 0. The number of ether oxygens (including phenoxy) is 1. The van der Waals surface area contributed by atoms with Gasteiger partial charge in [0, 0.05) is 12.8 Å². The summed E-state index contributed by atoms with van der Waals surface area (Å²) in [4.78, 5) is 5.17. The quantitative estimate of drug-likeness (QED) is 0.723. The Morgan fingerprint density at radius 2 is 2.58 bits per heavy atom. The summed E-state index contributed by atoms with van der Waals surface area (Å²) in [6.07, 6.45) is 4.04. The van der Waals surface area contributed by atoms with Gasteiger partial charge in [0.05, 0.1) is 4.88 Å². The van der Waals surface area contributed by atoms with Gasteiger partial charge in [0.15, 0.2) is 5.13 Å². The van der Waals surface area contributed by atoms with Crippen LogP contribution in [0.25, 0.3) is 0 Å². The Hall–Kier alpha value is -0.610. The topological polar surface area (TPSA) is 48.1 Å². The van der Waals surface area contributed by atoms with Crippen molar-refractivity contribution in [3.8, 4) is 0 Å². The van der Waals surface area contributed by atoms with Gasteiger partial charge in [-0.1, -0.05) is 11.3 Å². The molecule has 1 unspecified atom stereocenters. The van der Waals surface area contributed by atoms with Crippen LogP contribution in [0.3, 0.4) is 0 Å². The molecule has 1 aliphatic rings. The molecule has 1 atom stereocenters. The van der Waals surface area contributed by atoms with Crippen molar-refractivity contribution in [2.75, 3.05) is 12.3 Å². The molecule has 4 heteroatoms. The molecule has 12 heavy (non-hydrogen) atoms. The van der Waals surface area contributed by atoms with E-state index in [1.807, 2.05) is 6.20 Å². The smallest absolute Gasteiger partial charge is 0.180 e. The molecule has 0 radical (unpaired) electrons. The Bertz CT molecular complexity index is 278. The van der Waals surface area contributed by atoms with Crippen LogP contribution in [0.15, 0.2) is 6.20 Å². The predicted octanol–water partition coefficient (Wildman–Crippen LogP) is 1.75. The lowest BCUT2D eigenvalue weighted by Gasteiger charge is -2.20. The van der Waals surface area contributed by atoms with E-state index in [4.69, 9.17) is 10.5 Å². The number of anilines is 1. The molecule has 1 aliphatic heterocycles. The molecule has 2 rings (SSSR count). The van der Waals surface area contributed by atoms with Crippen LogP contribution in [0.4, 0.5) is 5.13 Å². The lowest BCUT2D eigenvalue weighted by Crippen LogP contribution is -2.17. The number of hydrogen-bond donors (Lipinski definition) is 1. The number of rotatable bonds is 1. The average Bonchev–Trinajstić information content (AvgIpc) is 2.59. The second-order valence-electron chi connectivity index (χ2n) is 3.25. The summed E-state index contributed by atoms with van der Waals surface area (Å²) in [6.45, 7) is 2.96. The van der Waals surface area contributed by atoms with Gasteiger partial charge in [0.2, 0.25) is 0 Å². The van der Waals surface area contributed by atoms with Crippen molar-refractivity contribution in [2.24, 2.45) is 0 Å². The first-order valence-electron chi connectivity index (χ1n) is 4.06. The number of nitrogens with zero attached hydrogens (tertiary/aromatic N) is 1. The van der Waals surface area contributed by atoms with E-state index in [1.54, 1.807) is 0 Å². The first kappa shape index (κ1) is 8.01. The van der Waals surface area contributed by atoms with Crippen LogP contribution in [0, 0.1) is 0 Å². The van der Waals surface area contributed by atoms with E-state index in [0.29, 0.717) is 5.13 Å². The highest BCUT2D eigenvalue weighted by molar-refractivity contribution is 7.15. The van der Waals surface area contributed by atoms with Gasteiger partial charge in [0.25, 0.3) is 0 Å². The van der Waals surface area contributed by atoms with E-state index in [2.05, 4.69) is 11.9 Å². The third-order valence-corrected chi connectivity index (χ3v) is 3.34. The zero-order valence-corrected chi connectivity index (χ0v) is 7.86. The fraction of sp³-hybridized carbons (Fsp3) is 0.625. The summed E-state index contributed by atoms with van der Waals surface area (Å²) in [5.41, 5.74) is 5.44. The summed E-state index contributed by atoms with van der Waals surface area (Å²) in [7, 11) is 0. The van der Waals surface area contributed by atoms with Crippen molar-refractivity contribution < 1.29 is 4.74 Å². The molecule has 0 bridgehead atoms. The molecular weight excluding hydrogens is 172 g/mol. The van der Waals surface area contributed by atoms with Gasteiger partial charge in [-0.3, -0.25) is 0 Å². The summed E-state index contributed by atoms with van der Waals surface area (Å²) >= 11 is 1.53. The first-order chi connectivity index (χ1) is 5.71. The maximum atomic E-state index is 5.65. The second-order valence-corrected chi connectivity index (χ2v) is 4.31. The number of hydrogen-bond acceptors (Lipinski definition) is 4. The molecule has 1 saturated heterocycles. The minimum atomic E-state index is -0.116.